The van der Waals surface area contributed by atoms with E-state index in [-0.39, 0.29) is 12.0 Å². The molecule has 0 aromatic heterocycles. The summed E-state index contributed by atoms with van der Waals surface area (Å²) in [5, 5.41) is 9.81. The molecule has 62 valence electrons. The maximum absolute atomic E-state index is 9.09. The molecule has 0 fully saturated rings. The van der Waals surface area contributed by atoms with Crippen LogP contribution in [0.2, 0.25) is 0 Å². The molecule has 0 saturated carbocycles. The van der Waals surface area contributed by atoms with Gasteiger partial charge in [0, 0.05) is 11.4 Å². The Bertz CT molecular complexity index is 196. The molecule has 1 N–H and O–H groups in total. The quantitative estimate of drug-likeness (QED) is 0.723. The van der Waals surface area contributed by atoms with E-state index >= 15 is 0 Å². The summed E-state index contributed by atoms with van der Waals surface area (Å²) >= 11 is 3.29. The van der Waals surface area contributed by atoms with E-state index in [0.717, 1.165) is 12.0 Å². The topological polar surface area (TPSA) is 29.5 Å². The highest BCUT2D eigenvalue weighted by Crippen LogP contribution is 2.17. The van der Waals surface area contributed by atoms with Gasteiger partial charge in [0.1, 0.15) is 6.10 Å². The summed E-state index contributed by atoms with van der Waals surface area (Å²) < 4.78 is 5.06. The van der Waals surface area contributed by atoms with Crippen LogP contribution in [0.3, 0.4) is 0 Å². The van der Waals surface area contributed by atoms with Gasteiger partial charge in [-0.05, 0) is 18.1 Å². The zero-order valence-electron chi connectivity index (χ0n) is 6.38. The van der Waals surface area contributed by atoms with Gasteiger partial charge < -0.3 is 9.84 Å². The van der Waals surface area contributed by atoms with Crippen molar-refractivity contribution in [1.29, 1.82) is 0 Å². The summed E-state index contributed by atoms with van der Waals surface area (Å²) in [7, 11) is 0. The molecule has 1 heterocycles. The van der Waals surface area contributed by atoms with Gasteiger partial charge in [0.25, 0.3) is 5.95 Å². The largest absolute Gasteiger partial charge is 0.481 e. The zero-order valence-corrected chi connectivity index (χ0v) is 7.97. The molecule has 1 rings (SSSR count). The van der Waals surface area contributed by atoms with Crippen molar-refractivity contribution in [2.75, 3.05) is 5.33 Å². The molecule has 1 unspecified atom stereocenters. The highest BCUT2D eigenvalue weighted by molar-refractivity contribution is 9.09. The fraction of sp³-hybridized carbons (Fsp3) is 0.500. The maximum Gasteiger partial charge on any atom is 0.277 e. The predicted octanol–water partition coefficient (Wildman–Crippen LogP) is 2.52. The van der Waals surface area contributed by atoms with Crippen molar-refractivity contribution in [2.45, 2.75) is 19.4 Å². The summed E-state index contributed by atoms with van der Waals surface area (Å²) in [4.78, 5) is 0. The second kappa shape index (κ2) is 3.81. The molecule has 0 aromatic carbocycles. The predicted molar refractivity (Wildman–Crippen MR) is 47.8 cm³/mol. The fourth-order valence-corrected chi connectivity index (χ4v) is 1.28. The number of allylic oxidation sites excluding steroid dienone is 2. The van der Waals surface area contributed by atoms with Crippen molar-refractivity contribution >= 4 is 15.9 Å². The molecule has 0 aliphatic carbocycles. The van der Waals surface area contributed by atoms with Crippen LogP contribution in [-0.2, 0) is 4.74 Å². The van der Waals surface area contributed by atoms with Crippen LogP contribution in [0, 0.1) is 0 Å². The molecular formula is C8H11BrO2. The van der Waals surface area contributed by atoms with Gasteiger partial charge >= 0.3 is 0 Å². The molecule has 0 spiro atoms. The minimum absolute atomic E-state index is 0.0186. The minimum atomic E-state index is -0.0186. The standard InChI is InChI=1S/C8H11BrO2/c1-2-6-3-7(5-9)11-8(10)4-6/h3-4,7,10H,2,5H2,1H3. The first-order chi connectivity index (χ1) is 5.26. The lowest BCUT2D eigenvalue weighted by molar-refractivity contribution is 0.0642. The zero-order chi connectivity index (χ0) is 8.27. The lowest BCUT2D eigenvalue weighted by atomic mass is 10.1. The van der Waals surface area contributed by atoms with Gasteiger partial charge in [0.15, 0.2) is 0 Å². The van der Waals surface area contributed by atoms with E-state index in [9.17, 15) is 0 Å². The Balaban J connectivity index is 2.69. The summed E-state index contributed by atoms with van der Waals surface area (Å²) in [5.74, 6) is 0.0220. The number of rotatable bonds is 2. The number of alkyl halides is 1. The van der Waals surface area contributed by atoms with Crippen LogP contribution in [-0.4, -0.2) is 16.5 Å². The molecule has 0 saturated heterocycles. The molecule has 0 aromatic rings. The molecule has 0 bridgehead atoms. The Morgan fingerprint density at radius 2 is 2.45 bits per heavy atom. The summed E-state index contributed by atoms with van der Waals surface area (Å²) in [6.07, 6.45) is 4.57. The van der Waals surface area contributed by atoms with Crippen LogP contribution in [0.4, 0.5) is 0 Å². The monoisotopic (exact) mass is 218 g/mol. The van der Waals surface area contributed by atoms with Gasteiger partial charge in [0.2, 0.25) is 0 Å². The Labute approximate surface area is 74.7 Å². The lowest BCUT2D eigenvalue weighted by Crippen LogP contribution is -2.15. The molecule has 2 nitrogen and oxygen atoms in total. The van der Waals surface area contributed by atoms with Crippen molar-refractivity contribution in [3.63, 3.8) is 0 Å². The number of ether oxygens (including phenoxy) is 1. The van der Waals surface area contributed by atoms with Crippen LogP contribution in [0.5, 0.6) is 0 Å². The molecule has 1 atom stereocenters. The van der Waals surface area contributed by atoms with Gasteiger partial charge in [0.05, 0.1) is 0 Å². The van der Waals surface area contributed by atoms with Gasteiger partial charge in [-0.25, -0.2) is 0 Å². The number of halogens is 1. The second-order valence-corrected chi connectivity index (χ2v) is 3.04. The van der Waals surface area contributed by atoms with Crippen molar-refractivity contribution in [3.05, 3.63) is 23.7 Å². The van der Waals surface area contributed by atoms with Gasteiger partial charge in [-0.15, -0.1) is 0 Å². The molecule has 11 heavy (non-hydrogen) atoms. The van der Waals surface area contributed by atoms with Crippen molar-refractivity contribution < 1.29 is 9.84 Å². The molecular weight excluding hydrogens is 208 g/mol. The van der Waals surface area contributed by atoms with Gasteiger partial charge in [-0.2, -0.15) is 0 Å². The van der Waals surface area contributed by atoms with Crippen LogP contribution < -0.4 is 0 Å². The van der Waals surface area contributed by atoms with E-state index in [0.29, 0.717) is 5.33 Å². The first-order valence-corrected chi connectivity index (χ1v) is 4.72. The fourth-order valence-electron chi connectivity index (χ4n) is 0.965. The SMILES string of the molecule is CCC1=CC(CBr)OC(O)=C1. The van der Waals surface area contributed by atoms with Crippen molar-refractivity contribution in [2.24, 2.45) is 0 Å². The van der Waals surface area contributed by atoms with Gasteiger partial charge in [-0.1, -0.05) is 22.9 Å². The summed E-state index contributed by atoms with van der Waals surface area (Å²) in [5.41, 5.74) is 1.12. The van der Waals surface area contributed by atoms with Crippen molar-refractivity contribution in [3.8, 4) is 0 Å². The average molecular weight is 219 g/mol. The first-order valence-electron chi connectivity index (χ1n) is 3.60. The maximum atomic E-state index is 9.09. The Hall–Kier alpha value is -0.440. The third kappa shape index (κ3) is 2.26. The number of aliphatic hydroxyl groups excluding tert-OH is 1. The van der Waals surface area contributed by atoms with Crippen LogP contribution in [0.15, 0.2) is 23.7 Å². The van der Waals surface area contributed by atoms with E-state index in [1.54, 1.807) is 6.08 Å². The van der Waals surface area contributed by atoms with Crippen LogP contribution in [0.1, 0.15) is 13.3 Å². The summed E-state index contributed by atoms with van der Waals surface area (Å²) in [6.45, 7) is 2.05. The summed E-state index contributed by atoms with van der Waals surface area (Å²) in [6, 6.07) is 0. The number of hydrogen-bond acceptors (Lipinski definition) is 2. The Kier molecular flexibility index (Phi) is 3.00. The highest BCUT2D eigenvalue weighted by Gasteiger charge is 2.12. The Morgan fingerprint density at radius 1 is 1.73 bits per heavy atom. The molecule has 3 heteroatoms. The minimum Gasteiger partial charge on any atom is -0.481 e. The number of hydrogen-bond donors (Lipinski definition) is 1. The molecule has 0 radical (unpaired) electrons. The van der Waals surface area contributed by atoms with E-state index in [4.69, 9.17) is 9.84 Å². The van der Waals surface area contributed by atoms with E-state index in [2.05, 4.69) is 15.9 Å². The lowest BCUT2D eigenvalue weighted by Gasteiger charge is -2.17. The van der Waals surface area contributed by atoms with Crippen molar-refractivity contribution in [1.82, 2.24) is 0 Å². The smallest absolute Gasteiger partial charge is 0.277 e. The molecule has 1 aliphatic rings. The van der Waals surface area contributed by atoms with E-state index < -0.39 is 0 Å². The average Bonchev–Trinajstić information content (AvgIpc) is 2.03. The highest BCUT2D eigenvalue weighted by atomic mass is 79.9. The Morgan fingerprint density at radius 3 is 3.00 bits per heavy atom. The normalized spacial score (nSPS) is 23.6. The third-order valence-electron chi connectivity index (χ3n) is 1.54. The van der Waals surface area contributed by atoms with E-state index in [1.807, 2.05) is 13.0 Å². The van der Waals surface area contributed by atoms with Crippen LogP contribution >= 0.6 is 15.9 Å². The first kappa shape index (κ1) is 8.65. The number of aliphatic hydroxyl groups is 1. The molecule has 1 aliphatic heterocycles. The van der Waals surface area contributed by atoms with Gasteiger partial charge in [-0.3, -0.25) is 0 Å². The third-order valence-corrected chi connectivity index (χ3v) is 2.18. The van der Waals surface area contributed by atoms with E-state index in [1.165, 1.54) is 0 Å². The second-order valence-electron chi connectivity index (χ2n) is 2.39. The molecule has 0 amide bonds. The van der Waals surface area contributed by atoms with Crippen LogP contribution in [0.25, 0.3) is 0 Å².